The van der Waals surface area contributed by atoms with Gasteiger partial charge in [0.1, 0.15) is 24.4 Å². The zero-order chi connectivity index (χ0) is 53.1. The zero-order valence-corrected chi connectivity index (χ0v) is 46.8. The highest BCUT2D eigenvalue weighted by molar-refractivity contribution is 5.76. The number of carbonyl (C=O) groups excluding carboxylic acids is 2. The number of carbonyl (C=O) groups is 2. The standard InChI is InChI=1S/C62H113NO10/c1-3-5-7-9-11-13-15-16-22-25-29-32-36-40-44-48-55(65)54(53-72-62-61(70)60(69)59(68)56(52-64)73-62)63-57(66)49-45-41-37-33-30-26-23-20-18-17-19-21-24-27-31-35-39-43-47-51-71-58(67)50-46-42-38-34-28-14-12-10-8-6-4-2/h15-18,29,32,44,48,54-56,59-62,64-65,68-70H,3-14,19-28,30-31,33-43,45-47,49-53H2,1-2H3,(H,63,66)/b16-15+,18-17-,32-29+,48-44+. The van der Waals surface area contributed by atoms with E-state index in [9.17, 15) is 35.1 Å². The molecule has 1 aliphatic heterocycles. The number of hydrogen-bond donors (Lipinski definition) is 6. The first-order valence-electron chi connectivity index (χ1n) is 30.4. The summed E-state index contributed by atoms with van der Waals surface area (Å²) in [5, 5.41) is 54.4. The van der Waals surface area contributed by atoms with E-state index in [2.05, 4.69) is 55.6 Å². The first-order valence-corrected chi connectivity index (χ1v) is 30.4. The van der Waals surface area contributed by atoms with E-state index in [1.54, 1.807) is 6.08 Å². The molecule has 1 fully saturated rings. The van der Waals surface area contributed by atoms with Gasteiger partial charge in [-0.05, 0) is 83.5 Å². The van der Waals surface area contributed by atoms with Crippen molar-refractivity contribution in [1.82, 2.24) is 5.32 Å². The summed E-state index contributed by atoms with van der Waals surface area (Å²) in [7, 11) is 0. The monoisotopic (exact) mass is 1030 g/mol. The SMILES string of the molecule is CCCCCCC/C=C/CC/C=C/CC/C=C/C(O)C(COC1OC(CO)C(O)C(O)C1O)NC(=O)CCCCCCCCC/C=C\CCCCCCCCCCOC(=O)CCCCCCCCCCCCC. The molecule has 7 unspecified atom stereocenters. The molecule has 426 valence electrons. The second-order valence-corrected chi connectivity index (χ2v) is 21.0. The van der Waals surface area contributed by atoms with Crippen molar-refractivity contribution in [2.24, 2.45) is 0 Å². The van der Waals surface area contributed by atoms with Crippen LogP contribution in [0.2, 0.25) is 0 Å². The lowest BCUT2D eigenvalue weighted by molar-refractivity contribution is -0.302. The van der Waals surface area contributed by atoms with Crippen molar-refractivity contribution in [3.8, 4) is 0 Å². The molecule has 0 aromatic heterocycles. The van der Waals surface area contributed by atoms with Gasteiger partial charge in [-0.25, -0.2) is 0 Å². The van der Waals surface area contributed by atoms with Crippen LogP contribution in [-0.4, -0.2) is 100 Å². The molecular formula is C62H113NO10. The molecule has 73 heavy (non-hydrogen) atoms. The molecule has 7 atom stereocenters. The molecule has 1 rings (SSSR count). The molecule has 0 saturated carbocycles. The number of aliphatic hydroxyl groups is 5. The second-order valence-electron chi connectivity index (χ2n) is 21.0. The van der Waals surface area contributed by atoms with Crippen LogP contribution in [0.15, 0.2) is 48.6 Å². The maximum atomic E-state index is 13.0. The summed E-state index contributed by atoms with van der Waals surface area (Å²) < 4.78 is 16.7. The van der Waals surface area contributed by atoms with Gasteiger partial charge in [0.05, 0.1) is 32.0 Å². The molecule has 11 heteroatoms. The Bertz CT molecular complexity index is 1350. The molecule has 0 bridgehead atoms. The van der Waals surface area contributed by atoms with Crippen molar-refractivity contribution < 1.29 is 49.3 Å². The van der Waals surface area contributed by atoms with Gasteiger partial charge in [0.25, 0.3) is 0 Å². The largest absolute Gasteiger partial charge is 0.466 e. The minimum absolute atomic E-state index is 0.0125. The van der Waals surface area contributed by atoms with Gasteiger partial charge >= 0.3 is 5.97 Å². The lowest BCUT2D eigenvalue weighted by atomic mass is 9.99. The Morgan fingerprint density at radius 1 is 0.493 bits per heavy atom. The zero-order valence-electron chi connectivity index (χ0n) is 46.8. The summed E-state index contributed by atoms with van der Waals surface area (Å²) in [5.74, 6) is -0.219. The van der Waals surface area contributed by atoms with Crippen LogP contribution in [0, 0.1) is 0 Å². The van der Waals surface area contributed by atoms with Crippen LogP contribution < -0.4 is 5.32 Å². The van der Waals surface area contributed by atoms with E-state index >= 15 is 0 Å². The number of aliphatic hydroxyl groups excluding tert-OH is 5. The van der Waals surface area contributed by atoms with Gasteiger partial charge in [0.15, 0.2) is 6.29 Å². The van der Waals surface area contributed by atoms with E-state index in [0.29, 0.717) is 19.4 Å². The third-order valence-corrected chi connectivity index (χ3v) is 14.1. The van der Waals surface area contributed by atoms with Gasteiger partial charge in [0.2, 0.25) is 5.91 Å². The number of unbranched alkanes of at least 4 members (excludes halogenated alkanes) is 32. The van der Waals surface area contributed by atoms with Crippen molar-refractivity contribution in [1.29, 1.82) is 0 Å². The Morgan fingerprint density at radius 2 is 0.890 bits per heavy atom. The predicted molar refractivity (Wildman–Crippen MR) is 301 cm³/mol. The van der Waals surface area contributed by atoms with E-state index in [1.165, 1.54) is 148 Å². The van der Waals surface area contributed by atoms with Crippen molar-refractivity contribution in [2.45, 2.75) is 314 Å². The Kier molecular flexibility index (Phi) is 48.6. The quantitative estimate of drug-likeness (QED) is 0.0195. The molecule has 0 radical (unpaired) electrons. The van der Waals surface area contributed by atoms with Crippen LogP contribution >= 0.6 is 0 Å². The molecule has 6 N–H and O–H groups in total. The molecule has 0 aliphatic carbocycles. The van der Waals surface area contributed by atoms with Gasteiger partial charge in [-0.3, -0.25) is 9.59 Å². The summed E-state index contributed by atoms with van der Waals surface area (Å²) >= 11 is 0. The van der Waals surface area contributed by atoms with Gasteiger partial charge in [-0.2, -0.15) is 0 Å². The van der Waals surface area contributed by atoms with Gasteiger partial charge in [-0.1, -0.05) is 223 Å². The number of hydrogen-bond acceptors (Lipinski definition) is 10. The Morgan fingerprint density at radius 3 is 1.36 bits per heavy atom. The normalized spacial score (nSPS) is 19.2. The molecule has 1 heterocycles. The Balaban J connectivity index is 2.14. The van der Waals surface area contributed by atoms with Crippen molar-refractivity contribution in [3.05, 3.63) is 48.6 Å². The number of rotatable bonds is 52. The topological polar surface area (TPSA) is 175 Å². The fourth-order valence-electron chi connectivity index (χ4n) is 9.28. The summed E-state index contributed by atoms with van der Waals surface area (Å²) in [6, 6.07) is -0.842. The number of amides is 1. The van der Waals surface area contributed by atoms with E-state index in [-0.39, 0.29) is 18.5 Å². The number of nitrogens with one attached hydrogen (secondary N) is 1. The van der Waals surface area contributed by atoms with Crippen LogP contribution in [-0.2, 0) is 23.8 Å². The van der Waals surface area contributed by atoms with Crippen molar-refractivity contribution >= 4 is 11.9 Å². The number of esters is 1. The van der Waals surface area contributed by atoms with Crippen LogP contribution in [0.3, 0.4) is 0 Å². The lowest BCUT2D eigenvalue weighted by Crippen LogP contribution is -2.60. The van der Waals surface area contributed by atoms with E-state index in [1.807, 2.05) is 6.08 Å². The van der Waals surface area contributed by atoms with E-state index in [4.69, 9.17) is 14.2 Å². The maximum Gasteiger partial charge on any atom is 0.305 e. The highest BCUT2D eigenvalue weighted by atomic mass is 16.7. The highest BCUT2D eigenvalue weighted by Gasteiger charge is 2.44. The fourth-order valence-corrected chi connectivity index (χ4v) is 9.28. The second kappa shape index (κ2) is 51.7. The molecule has 11 nitrogen and oxygen atoms in total. The van der Waals surface area contributed by atoms with Crippen molar-refractivity contribution in [2.75, 3.05) is 19.8 Å². The van der Waals surface area contributed by atoms with Crippen molar-refractivity contribution in [3.63, 3.8) is 0 Å². The molecule has 0 aromatic rings. The predicted octanol–water partition coefficient (Wildman–Crippen LogP) is 14.1. The minimum atomic E-state index is -1.58. The summed E-state index contributed by atoms with van der Waals surface area (Å²) in [6.07, 6.45) is 54.8. The third kappa shape index (κ3) is 41.5. The molecule has 0 aromatic carbocycles. The minimum Gasteiger partial charge on any atom is -0.466 e. The van der Waals surface area contributed by atoms with Crippen LogP contribution in [0.4, 0.5) is 0 Å². The average molecular weight is 1030 g/mol. The molecule has 1 amide bonds. The maximum absolute atomic E-state index is 13.0. The van der Waals surface area contributed by atoms with E-state index < -0.39 is 49.5 Å². The van der Waals surface area contributed by atoms with Gasteiger partial charge in [-0.15, -0.1) is 0 Å². The molecule has 1 saturated heterocycles. The highest BCUT2D eigenvalue weighted by Crippen LogP contribution is 2.23. The first-order chi connectivity index (χ1) is 35.7. The molecular weight excluding hydrogens is 919 g/mol. The fraction of sp³-hybridized carbons (Fsp3) is 0.839. The van der Waals surface area contributed by atoms with Crippen LogP contribution in [0.5, 0.6) is 0 Å². The van der Waals surface area contributed by atoms with Gasteiger partial charge < -0.3 is 45.1 Å². The van der Waals surface area contributed by atoms with Crippen LogP contribution in [0.1, 0.15) is 271 Å². The first kappa shape index (κ1) is 68.6. The third-order valence-electron chi connectivity index (χ3n) is 14.1. The molecule has 0 spiro atoms. The van der Waals surface area contributed by atoms with E-state index in [0.717, 1.165) is 96.3 Å². The summed E-state index contributed by atoms with van der Waals surface area (Å²) in [5.41, 5.74) is 0. The smallest absolute Gasteiger partial charge is 0.305 e. The Labute approximate surface area is 446 Å². The van der Waals surface area contributed by atoms with Gasteiger partial charge in [0, 0.05) is 12.8 Å². The summed E-state index contributed by atoms with van der Waals surface area (Å²) in [4.78, 5) is 25.1. The molecule has 1 aliphatic rings. The lowest BCUT2D eigenvalue weighted by Gasteiger charge is -2.40. The Hall–Kier alpha value is -2.38. The number of ether oxygens (including phenoxy) is 3. The van der Waals surface area contributed by atoms with Crippen LogP contribution in [0.25, 0.3) is 0 Å². The average Bonchev–Trinajstić information content (AvgIpc) is 3.39. The number of allylic oxidation sites excluding steroid dienone is 7. The summed E-state index contributed by atoms with van der Waals surface area (Å²) in [6.45, 7) is 4.29.